The van der Waals surface area contributed by atoms with E-state index in [1.54, 1.807) is 0 Å². The number of nitrogens with two attached hydrogens (primary N) is 1. The topological polar surface area (TPSA) is 233 Å². The van der Waals surface area contributed by atoms with Crippen LogP contribution in [0.1, 0.15) is 13.2 Å². The molecule has 0 aromatic carbocycles. The van der Waals surface area contributed by atoms with Gasteiger partial charge in [-0.1, -0.05) is 0 Å². The van der Waals surface area contributed by atoms with Crippen molar-refractivity contribution in [2.45, 2.75) is 36.3 Å². The Kier molecular flexibility index (Phi) is 8.54. The maximum Gasteiger partial charge on any atom is 0.488 e. The first-order valence-corrected chi connectivity index (χ1v) is 14.5. The van der Waals surface area contributed by atoms with Crippen molar-refractivity contribution in [3.05, 3.63) is 22.7 Å². The summed E-state index contributed by atoms with van der Waals surface area (Å²) in [4.78, 5) is 50.3. The Labute approximate surface area is 186 Å². The molecule has 0 amide bonds. The fourth-order valence-electron chi connectivity index (χ4n) is 2.75. The van der Waals surface area contributed by atoms with Crippen LogP contribution in [0.25, 0.3) is 0 Å². The zero-order valence-electron chi connectivity index (χ0n) is 15.8. The van der Waals surface area contributed by atoms with Gasteiger partial charge in [0.15, 0.2) is 6.23 Å². The molecule has 7 N–H and O–H groups in total. The van der Waals surface area contributed by atoms with Crippen LogP contribution in [0, 0.1) is 0 Å². The minimum Gasteiger partial charge on any atom is -0.388 e. The summed E-state index contributed by atoms with van der Waals surface area (Å²) in [7, 11) is -13.4. The van der Waals surface area contributed by atoms with Crippen molar-refractivity contribution >= 4 is 48.8 Å². The van der Waals surface area contributed by atoms with E-state index in [1.807, 2.05) is 0 Å². The molecule has 184 valence electrons. The van der Waals surface area contributed by atoms with Crippen LogP contribution < -0.4 is 11.4 Å². The summed E-state index contributed by atoms with van der Waals surface area (Å²) in [6.45, 7) is -0.401. The van der Waals surface area contributed by atoms with E-state index in [2.05, 4.69) is 26.7 Å². The smallest absolute Gasteiger partial charge is 0.388 e. The van der Waals surface area contributed by atoms with Crippen LogP contribution in [0.15, 0.2) is 17.1 Å². The highest BCUT2D eigenvalue weighted by atomic mass is 35.5. The highest BCUT2D eigenvalue weighted by Crippen LogP contribution is 2.68. The van der Waals surface area contributed by atoms with Gasteiger partial charge in [-0.15, -0.1) is 11.6 Å². The van der Waals surface area contributed by atoms with Crippen molar-refractivity contribution in [1.82, 2.24) is 9.55 Å². The second-order valence-electron chi connectivity index (χ2n) is 6.46. The average Bonchev–Trinajstić information content (AvgIpc) is 2.84. The Balaban J connectivity index is 2.25. The van der Waals surface area contributed by atoms with Crippen molar-refractivity contribution in [3.8, 4) is 0 Å². The lowest BCUT2D eigenvalue weighted by Gasteiger charge is -2.28. The van der Waals surface area contributed by atoms with Crippen LogP contribution in [0.2, 0.25) is 0 Å². The van der Waals surface area contributed by atoms with Gasteiger partial charge in [0, 0.05) is 6.20 Å². The number of rotatable bonds is 9. The van der Waals surface area contributed by atoms with Gasteiger partial charge in [-0.25, -0.2) is 22.6 Å². The minimum atomic E-state index is -5.53. The molecule has 21 heteroatoms. The predicted molar refractivity (Wildman–Crippen MR) is 109 cm³/mol. The third-order valence-electron chi connectivity index (χ3n) is 3.99. The van der Waals surface area contributed by atoms with Gasteiger partial charge in [0.05, 0.1) is 6.10 Å². The fourth-order valence-corrected chi connectivity index (χ4v) is 7.23. The van der Waals surface area contributed by atoms with Gasteiger partial charge in [-0.3, -0.25) is 9.09 Å². The van der Waals surface area contributed by atoms with E-state index in [1.165, 1.54) is 6.07 Å². The van der Waals surface area contributed by atoms with Crippen LogP contribution >= 0.6 is 43.0 Å². The monoisotopic (exact) mass is 563 g/mol. The number of hydrogen-bond acceptors (Lipinski definition) is 10. The standard InChI is InChI=1S/C11H19ClFN3O12P4/c1-5(26-30(19,20)27-31(21,22)28-32(23,24)29)7-8(17)11(12,4-13)9(25-7)16-3-2-6(14)15-10(16)18/h2-3,5,7-9,17,23-24,29H,4H2,1H3,(H,19,20)(H,21,22)(H2,14,15,18)/t5-,7-,8+,9-,11?/m1/s1. The van der Waals surface area contributed by atoms with E-state index in [-0.39, 0.29) is 5.82 Å². The second-order valence-corrected chi connectivity index (χ2v) is 13.4. The number of halogens is 2. The van der Waals surface area contributed by atoms with Crippen LogP contribution in [0.3, 0.4) is 0 Å². The van der Waals surface area contributed by atoms with E-state index in [4.69, 9.17) is 31.9 Å². The Hall–Kier alpha value is -0.270. The predicted octanol–water partition coefficient (Wildman–Crippen LogP) is 0.475. The fraction of sp³-hybridized carbons (Fsp3) is 0.636. The Morgan fingerprint density at radius 1 is 1.38 bits per heavy atom. The van der Waals surface area contributed by atoms with Gasteiger partial charge >= 0.3 is 21.3 Å². The summed E-state index contributed by atoms with van der Waals surface area (Å²) in [5.74, 6) is -0.159. The number of ether oxygens (including phenoxy) is 1. The number of nitrogen functional groups attached to an aromatic ring is 1. The molecule has 1 saturated heterocycles. The van der Waals surface area contributed by atoms with Crippen molar-refractivity contribution < 1.29 is 56.1 Å². The van der Waals surface area contributed by atoms with Crippen molar-refractivity contribution in [3.63, 3.8) is 0 Å². The average molecular weight is 564 g/mol. The number of aromatic nitrogens is 2. The maximum absolute atomic E-state index is 13.8. The highest BCUT2D eigenvalue weighted by molar-refractivity contribution is 7.91. The Bertz CT molecular complexity index is 1060. The second kappa shape index (κ2) is 9.77. The number of aliphatic hydroxyl groups is 1. The molecule has 3 unspecified atom stereocenters. The summed E-state index contributed by atoms with van der Waals surface area (Å²) in [6, 6.07) is 1.17. The molecule has 1 aliphatic rings. The van der Waals surface area contributed by atoms with Gasteiger partial charge in [-0.2, -0.15) is 9.29 Å². The summed E-state index contributed by atoms with van der Waals surface area (Å²) in [5, 5.41) is 10.5. The number of hydrogen-bond donors (Lipinski definition) is 6. The van der Waals surface area contributed by atoms with E-state index < -0.39 is 64.7 Å². The SMILES string of the molecule is C[C@@H](OP(=O)(O)OP(=O)(O)OP(O)(O)=P)[C@H]1O[C@@H](n2ccc(N)nc2=O)C(Cl)(CF)[C@H]1O. The summed E-state index contributed by atoms with van der Waals surface area (Å²) in [5.41, 5.74) is 4.39. The van der Waals surface area contributed by atoms with Crippen LogP contribution in [-0.4, -0.2) is 64.1 Å². The Morgan fingerprint density at radius 3 is 2.47 bits per heavy atom. The molecule has 2 heterocycles. The first kappa shape index (κ1) is 28.0. The summed E-state index contributed by atoms with van der Waals surface area (Å²) < 4.78 is 56.0. The first-order chi connectivity index (χ1) is 14.4. The van der Waals surface area contributed by atoms with Gasteiger partial charge in [-0.05, 0) is 21.5 Å². The molecule has 1 aliphatic heterocycles. The number of phosphoric acid groups is 2. The molecule has 0 radical (unpaired) electrons. The molecule has 0 bridgehead atoms. The number of aliphatic hydroxyl groups excluding tert-OH is 1. The molecule has 0 aliphatic carbocycles. The molecule has 15 nitrogen and oxygen atoms in total. The minimum absolute atomic E-state index is 0.159. The van der Waals surface area contributed by atoms with Crippen LogP contribution in [0.5, 0.6) is 0 Å². The maximum atomic E-state index is 13.8. The zero-order valence-corrected chi connectivity index (χ0v) is 20.3. The first-order valence-electron chi connectivity index (χ1n) is 8.20. The van der Waals surface area contributed by atoms with Crippen molar-refractivity contribution in [1.29, 1.82) is 0 Å². The third kappa shape index (κ3) is 6.65. The van der Waals surface area contributed by atoms with E-state index in [0.717, 1.165) is 17.7 Å². The summed E-state index contributed by atoms with van der Waals surface area (Å²) in [6.07, 6.45) is -5.87. The van der Waals surface area contributed by atoms with Crippen molar-refractivity contribution in [2.75, 3.05) is 12.4 Å². The molecule has 2 rings (SSSR count). The quantitative estimate of drug-likeness (QED) is 0.177. The highest BCUT2D eigenvalue weighted by Gasteiger charge is 2.59. The number of alkyl halides is 2. The molecule has 0 spiro atoms. The van der Waals surface area contributed by atoms with Gasteiger partial charge in [0.1, 0.15) is 29.6 Å². The van der Waals surface area contributed by atoms with Gasteiger partial charge < -0.3 is 35.2 Å². The third-order valence-corrected chi connectivity index (χ3v) is 9.23. The largest absolute Gasteiger partial charge is 0.488 e. The molecule has 32 heavy (non-hydrogen) atoms. The Morgan fingerprint density at radius 2 is 1.97 bits per heavy atom. The summed E-state index contributed by atoms with van der Waals surface area (Å²) >= 11 is 6.16. The molecular formula is C11H19ClFN3O12P4. The molecule has 7 atom stereocenters. The van der Waals surface area contributed by atoms with Crippen LogP contribution in [-0.2, 0) is 27.0 Å². The lowest BCUT2D eigenvalue weighted by Crippen LogP contribution is -2.47. The zero-order chi connectivity index (χ0) is 24.7. The molecule has 0 saturated carbocycles. The van der Waals surface area contributed by atoms with Crippen LogP contribution in [0.4, 0.5) is 10.2 Å². The molecule has 1 aromatic rings. The van der Waals surface area contributed by atoms with E-state index >= 15 is 0 Å². The van der Waals surface area contributed by atoms with E-state index in [0.29, 0.717) is 0 Å². The molecular weight excluding hydrogens is 544 g/mol. The lowest BCUT2D eigenvalue weighted by atomic mass is 9.97. The normalized spacial score (nSPS) is 31.1. The molecule has 1 aromatic heterocycles. The number of phosphoric ester groups is 1. The number of anilines is 1. The van der Waals surface area contributed by atoms with E-state index in [9.17, 15) is 33.2 Å². The van der Waals surface area contributed by atoms with Gasteiger partial charge in [0.25, 0.3) is 7.23 Å². The lowest BCUT2D eigenvalue weighted by molar-refractivity contribution is -0.0754. The van der Waals surface area contributed by atoms with Crippen molar-refractivity contribution in [2.24, 2.45) is 0 Å². The number of nitrogens with zero attached hydrogens (tertiary/aromatic N) is 2. The van der Waals surface area contributed by atoms with Gasteiger partial charge in [0.2, 0.25) is 0 Å². The molecule has 1 fully saturated rings.